The number of quaternary nitrogens is 1. The van der Waals surface area contributed by atoms with Crippen molar-refractivity contribution in [3.05, 3.63) is 0 Å². The summed E-state index contributed by atoms with van der Waals surface area (Å²) in [4.78, 5) is 19.4. The van der Waals surface area contributed by atoms with Gasteiger partial charge in [-0.15, -0.1) is 0 Å². The molecule has 0 saturated heterocycles. The zero-order valence-corrected chi connectivity index (χ0v) is 8.87. The van der Waals surface area contributed by atoms with Gasteiger partial charge in [0.25, 0.3) is 0 Å². The van der Waals surface area contributed by atoms with Crippen LogP contribution in [0.25, 0.3) is 0 Å². The average molecular weight is 239 g/mol. The highest BCUT2D eigenvalue weighted by Crippen LogP contribution is 1.90. The van der Waals surface area contributed by atoms with Crippen molar-refractivity contribution in [1.29, 1.82) is 0 Å². The molecule has 0 aliphatic carbocycles. The molecule has 16 heavy (non-hydrogen) atoms. The second-order valence-corrected chi connectivity index (χ2v) is 3.00. The first-order valence-electron chi connectivity index (χ1n) is 4.51. The Morgan fingerprint density at radius 1 is 1.31 bits per heavy atom. The summed E-state index contributed by atoms with van der Waals surface area (Å²) in [5, 5.41) is 42.4. The van der Waals surface area contributed by atoms with Crippen LogP contribution in [0.4, 0.5) is 0 Å². The minimum atomic E-state index is -2.38. The first-order chi connectivity index (χ1) is 7.27. The topological polar surface area (TPSA) is 166 Å². The van der Waals surface area contributed by atoms with Gasteiger partial charge in [-0.1, -0.05) is 6.92 Å². The molecule has 0 rings (SSSR count). The molecular formula is C8H17NO7. The van der Waals surface area contributed by atoms with Gasteiger partial charge in [0.05, 0.1) is 12.6 Å². The lowest BCUT2D eigenvalue weighted by Gasteiger charge is -2.13. The van der Waals surface area contributed by atoms with E-state index in [-0.39, 0.29) is 12.6 Å². The fraction of sp³-hybridized carbons (Fsp3) is 0.750. The molecule has 0 fully saturated rings. The van der Waals surface area contributed by atoms with E-state index in [0.717, 1.165) is 6.42 Å². The van der Waals surface area contributed by atoms with E-state index in [9.17, 15) is 14.7 Å². The fourth-order valence-electron chi connectivity index (χ4n) is 0.393. The normalized spacial score (nSPS) is 15.3. The third-order valence-electron chi connectivity index (χ3n) is 1.63. The smallest absolute Gasteiger partial charge is 0.335 e. The lowest BCUT2D eigenvalue weighted by molar-refractivity contribution is -0.425. The van der Waals surface area contributed by atoms with Gasteiger partial charge in [0.1, 0.15) is 12.1 Å². The number of hydrogen-bond acceptors (Lipinski definition) is 6. The summed E-state index contributed by atoms with van der Waals surface area (Å²) in [6.07, 6.45) is -3.74. The molecule has 0 aliphatic rings. The van der Waals surface area contributed by atoms with Gasteiger partial charge in [0, 0.05) is 0 Å². The van der Waals surface area contributed by atoms with E-state index in [2.05, 4.69) is 5.73 Å². The van der Waals surface area contributed by atoms with Crippen molar-refractivity contribution in [2.75, 3.05) is 6.61 Å². The highest BCUT2D eigenvalue weighted by atomic mass is 16.4. The second-order valence-electron chi connectivity index (χ2n) is 3.00. The van der Waals surface area contributed by atoms with Crippen LogP contribution < -0.4 is 10.8 Å². The molecule has 8 heteroatoms. The number of hydrogen-bond donors (Lipinski definition) is 5. The Hall–Kier alpha value is -1.22. The molecule has 0 spiro atoms. The van der Waals surface area contributed by atoms with Gasteiger partial charge < -0.3 is 36.1 Å². The van der Waals surface area contributed by atoms with E-state index in [1.54, 1.807) is 0 Å². The van der Waals surface area contributed by atoms with Gasteiger partial charge in [0.15, 0.2) is 6.10 Å². The van der Waals surface area contributed by atoms with Gasteiger partial charge in [-0.3, -0.25) is 0 Å². The summed E-state index contributed by atoms with van der Waals surface area (Å²) in [6.45, 7) is 2.23. The molecule has 7 N–H and O–H groups in total. The molecule has 0 radical (unpaired) electrons. The minimum Gasteiger partial charge on any atom is -0.547 e. The van der Waals surface area contributed by atoms with E-state index in [1.165, 1.54) is 0 Å². The maximum absolute atomic E-state index is 9.74. The molecule has 0 bridgehead atoms. The van der Waals surface area contributed by atoms with Crippen LogP contribution >= 0.6 is 0 Å². The second kappa shape index (κ2) is 9.04. The number of aliphatic hydroxyl groups excluding tert-OH is 3. The van der Waals surface area contributed by atoms with Crippen LogP contribution in [0.15, 0.2) is 0 Å². The molecule has 0 saturated carbocycles. The Balaban J connectivity index is 0. The number of carboxylic acids is 2. The average Bonchev–Trinajstić information content (AvgIpc) is 2.26. The summed E-state index contributed by atoms with van der Waals surface area (Å²) >= 11 is 0. The molecule has 0 aromatic carbocycles. The Bertz CT molecular complexity index is 198. The zero-order chi connectivity index (χ0) is 13.3. The predicted octanol–water partition coefficient (Wildman–Crippen LogP) is -4.46. The number of carbonyl (C=O) groups excluding carboxylic acids is 1. The van der Waals surface area contributed by atoms with E-state index in [1.807, 2.05) is 6.92 Å². The minimum absolute atomic E-state index is 0.219. The van der Waals surface area contributed by atoms with E-state index < -0.39 is 24.1 Å². The largest absolute Gasteiger partial charge is 0.547 e. The van der Waals surface area contributed by atoms with Crippen molar-refractivity contribution in [2.45, 2.75) is 31.6 Å². The first kappa shape index (κ1) is 17.2. The third-order valence-corrected chi connectivity index (χ3v) is 1.63. The number of carbonyl (C=O) groups is 2. The Kier molecular flexibility index (Phi) is 9.71. The molecular weight excluding hydrogens is 222 g/mol. The van der Waals surface area contributed by atoms with Crippen LogP contribution in [0.1, 0.15) is 13.3 Å². The third kappa shape index (κ3) is 8.12. The Morgan fingerprint density at radius 2 is 1.75 bits per heavy atom. The maximum atomic E-state index is 9.74. The molecule has 3 atom stereocenters. The van der Waals surface area contributed by atoms with Crippen LogP contribution in [0.3, 0.4) is 0 Å². The summed E-state index contributed by atoms with van der Waals surface area (Å²) in [5.74, 6) is -3.83. The molecule has 8 nitrogen and oxygen atoms in total. The number of carboxylic acid groups (broad SMARTS) is 2. The van der Waals surface area contributed by atoms with Crippen molar-refractivity contribution in [1.82, 2.24) is 0 Å². The fourth-order valence-corrected chi connectivity index (χ4v) is 0.393. The predicted molar refractivity (Wildman–Crippen MR) is 48.7 cm³/mol. The molecule has 0 amide bonds. The molecule has 0 aliphatic heterocycles. The standard InChI is InChI=1S/C4H11NO.C4H6O6/c1-2-4(5)3-6;5-1(3(7)8)2(6)4(9)10/h4,6H,2-3,5H2,1H3;1-2,5-6H,(H,7,8)(H,9,10)/t4-;1-,2-/m10/s1. The van der Waals surface area contributed by atoms with Gasteiger partial charge in [0.2, 0.25) is 0 Å². The van der Waals surface area contributed by atoms with Crippen LogP contribution in [-0.4, -0.2) is 57.2 Å². The molecule has 0 aromatic heterocycles. The van der Waals surface area contributed by atoms with Crippen LogP contribution in [0, 0.1) is 0 Å². The monoisotopic (exact) mass is 239 g/mol. The van der Waals surface area contributed by atoms with Gasteiger partial charge >= 0.3 is 5.97 Å². The molecule has 0 aromatic rings. The Labute approximate surface area is 91.9 Å². The van der Waals surface area contributed by atoms with Crippen molar-refractivity contribution >= 4 is 11.9 Å². The molecule has 96 valence electrons. The van der Waals surface area contributed by atoms with Crippen LogP contribution in [0.2, 0.25) is 0 Å². The van der Waals surface area contributed by atoms with Crippen molar-refractivity contribution in [2.24, 2.45) is 0 Å². The van der Waals surface area contributed by atoms with Gasteiger partial charge in [-0.25, -0.2) is 4.79 Å². The number of aliphatic carboxylic acids is 2. The lowest BCUT2D eigenvalue weighted by atomic mass is 10.2. The lowest BCUT2D eigenvalue weighted by Crippen LogP contribution is -2.62. The van der Waals surface area contributed by atoms with E-state index >= 15 is 0 Å². The van der Waals surface area contributed by atoms with Gasteiger partial charge in [-0.2, -0.15) is 0 Å². The van der Waals surface area contributed by atoms with Crippen molar-refractivity contribution < 1.29 is 40.9 Å². The van der Waals surface area contributed by atoms with Crippen LogP contribution in [-0.2, 0) is 9.59 Å². The van der Waals surface area contributed by atoms with Crippen molar-refractivity contribution in [3.63, 3.8) is 0 Å². The van der Waals surface area contributed by atoms with Crippen molar-refractivity contribution in [3.8, 4) is 0 Å². The maximum Gasteiger partial charge on any atom is 0.335 e. The summed E-state index contributed by atoms with van der Waals surface area (Å²) in [5.41, 5.74) is 3.62. The molecule has 0 unspecified atom stereocenters. The highest BCUT2D eigenvalue weighted by molar-refractivity contribution is 5.81. The quantitative estimate of drug-likeness (QED) is 0.322. The van der Waals surface area contributed by atoms with Gasteiger partial charge in [-0.05, 0) is 6.42 Å². The van der Waals surface area contributed by atoms with E-state index in [0.29, 0.717) is 0 Å². The molecule has 0 heterocycles. The number of aliphatic hydroxyl groups is 3. The summed E-state index contributed by atoms with van der Waals surface area (Å²) in [7, 11) is 0. The summed E-state index contributed by atoms with van der Waals surface area (Å²) < 4.78 is 0. The SMILES string of the molecule is CC[C@@H]([NH3+])CO.O=C([O-])[C@@H](O)[C@H](O)C(=O)O. The highest BCUT2D eigenvalue weighted by Gasteiger charge is 2.23. The number of rotatable bonds is 5. The summed E-state index contributed by atoms with van der Waals surface area (Å²) in [6, 6.07) is 0.241. The Morgan fingerprint density at radius 3 is 1.81 bits per heavy atom. The first-order valence-corrected chi connectivity index (χ1v) is 4.51. The van der Waals surface area contributed by atoms with Crippen LogP contribution in [0.5, 0.6) is 0 Å². The van der Waals surface area contributed by atoms with E-state index in [4.69, 9.17) is 20.4 Å². The zero-order valence-electron chi connectivity index (χ0n) is 8.87.